The standard InChI is InChI=1S/C26H32N6O3/c1-3-5-16-35-21-11-9-19(10-12-21)22-17-23-25-28-32(26(34)30(25)14-15-31(23)27-22)18-24(33)29-13-7-6-8-20(29)4-2/h9-12,14-15,17,20H,3-8,13,16,18H2,1-2H3/t20-/m1/s1. The fourth-order valence-corrected chi connectivity index (χ4v) is 4.81. The monoisotopic (exact) mass is 476 g/mol. The maximum Gasteiger partial charge on any atom is 0.350 e. The number of likely N-dealkylation sites (tertiary alicyclic amines) is 1. The predicted molar refractivity (Wildman–Crippen MR) is 134 cm³/mol. The molecule has 1 atom stereocenters. The van der Waals surface area contributed by atoms with E-state index in [0.29, 0.717) is 17.8 Å². The molecule has 0 N–H and O–H groups in total. The lowest BCUT2D eigenvalue weighted by molar-refractivity contribution is -0.135. The second-order valence-electron chi connectivity index (χ2n) is 9.16. The number of nitrogens with zero attached hydrogens (tertiary/aromatic N) is 6. The van der Waals surface area contributed by atoms with Crippen LogP contribution in [0.25, 0.3) is 22.4 Å². The van der Waals surface area contributed by atoms with Crippen molar-refractivity contribution in [2.75, 3.05) is 13.2 Å². The third-order valence-electron chi connectivity index (χ3n) is 6.81. The van der Waals surface area contributed by atoms with Crippen LogP contribution in [0.2, 0.25) is 0 Å². The molecule has 184 valence electrons. The minimum absolute atomic E-state index is 0.0477. The molecule has 0 bridgehead atoms. The number of unbranched alkanes of at least 4 members (excludes halogenated alkanes) is 1. The number of rotatable bonds is 8. The Balaban J connectivity index is 1.41. The number of benzene rings is 1. The van der Waals surface area contributed by atoms with Crippen molar-refractivity contribution in [2.45, 2.75) is 65.0 Å². The van der Waals surface area contributed by atoms with Crippen molar-refractivity contribution < 1.29 is 9.53 Å². The summed E-state index contributed by atoms with van der Waals surface area (Å²) in [6.45, 7) is 5.65. The number of hydrogen-bond acceptors (Lipinski definition) is 5. The van der Waals surface area contributed by atoms with E-state index in [0.717, 1.165) is 62.1 Å². The number of carbonyl (C=O) groups is 1. The molecule has 0 saturated carbocycles. The summed E-state index contributed by atoms with van der Waals surface area (Å²) in [5.41, 5.74) is 2.59. The molecule has 1 amide bonds. The lowest BCUT2D eigenvalue weighted by Crippen LogP contribution is -2.45. The summed E-state index contributed by atoms with van der Waals surface area (Å²) in [6, 6.07) is 10.0. The minimum Gasteiger partial charge on any atom is -0.494 e. The number of amides is 1. The predicted octanol–water partition coefficient (Wildman–Crippen LogP) is 3.78. The van der Waals surface area contributed by atoms with Crippen LogP contribution in [-0.4, -0.2) is 53.8 Å². The van der Waals surface area contributed by atoms with Crippen LogP contribution < -0.4 is 10.4 Å². The quantitative estimate of drug-likeness (QED) is 0.361. The largest absolute Gasteiger partial charge is 0.494 e. The molecule has 0 radical (unpaired) electrons. The Morgan fingerprint density at radius 1 is 1.11 bits per heavy atom. The van der Waals surface area contributed by atoms with Crippen LogP contribution in [0.4, 0.5) is 0 Å². The maximum absolute atomic E-state index is 13.0. The number of fused-ring (bicyclic) bond motifs is 3. The number of ether oxygens (including phenoxy) is 1. The molecule has 3 aromatic heterocycles. The third kappa shape index (κ3) is 4.54. The van der Waals surface area contributed by atoms with E-state index in [2.05, 4.69) is 24.0 Å². The molecule has 4 heterocycles. The SMILES string of the molecule is CCCCOc1ccc(-c2cc3c4nn(CC(=O)N5CCCC[C@H]5CC)c(=O)n4ccn3n2)cc1. The Hall–Kier alpha value is -3.62. The van der Waals surface area contributed by atoms with Gasteiger partial charge in [0.15, 0.2) is 5.65 Å². The highest BCUT2D eigenvalue weighted by Gasteiger charge is 2.26. The second-order valence-corrected chi connectivity index (χ2v) is 9.16. The Bertz CT molecular complexity index is 1380. The number of piperidine rings is 1. The summed E-state index contributed by atoms with van der Waals surface area (Å²) in [5, 5.41) is 9.20. The molecule has 9 nitrogen and oxygen atoms in total. The molecular formula is C26H32N6O3. The molecule has 1 aliphatic rings. The van der Waals surface area contributed by atoms with Gasteiger partial charge in [-0.1, -0.05) is 20.3 Å². The summed E-state index contributed by atoms with van der Waals surface area (Å²) < 4.78 is 10.2. The van der Waals surface area contributed by atoms with E-state index in [4.69, 9.17) is 4.74 Å². The Kier molecular flexibility index (Phi) is 6.57. The van der Waals surface area contributed by atoms with Gasteiger partial charge in [0.1, 0.15) is 17.8 Å². The summed E-state index contributed by atoms with van der Waals surface area (Å²) in [6.07, 6.45) is 9.61. The molecule has 1 aromatic carbocycles. The topological polar surface area (TPSA) is 86.1 Å². The molecule has 5 rings (SSSR count). The smallest absolute Gasteiger partial charge is 0.350 e. The van der Waals surface area contributed by atoms with Gasteiger partial charge in [-0.25, -0.2) is 18.4 Å². The molecule has 0 spiro atoms. The van der Waals surface area contributed by atoms with Gasteiger partial charge in [-0.3, -0.25) is 4.79 Å². The van der Waals surface area contributed by atoms with Crippen LogP contribution in [0.3, 0.4) is 0 Å². The zero-order valence-corrected chi connectivity index (χ0v) is 20.4. The van der Waals surface area contributed by atoms with Crippen molar-refractivity contribution in [3.05, 3.63) is 53.2 Å². The molecule has 0 unspecified atom stereocenters. The molecule has 4 aromatic rings. The first kappa shape index (κ1) is 23.1. The van der Waals surface area contributed by atoms with Crippen molar-refractivity contribution in [3.63, 3.8) is 0 Å². The lowest BCUT2D eigenvalue weighted by Gasteiger charge is -2.35. The summed E-state index contributed by atoms with van der Waals surface area (Å²) in [7, 11) is 0. The van der Waals surface area contributed by atoms with E-state index in [9.17, 15) is 9.59 Å². The van der Waals surface area contributed by atoms with Crippen molar-refractivity contribution in [1.82, 2.24) is 28.7 Å². The third-order valence-corrected chi connectivity index (χ3v) is 6.81. The normalized spacial score (nSPS) is 16.3. The highest BCUT2D eigenvalue weighted by Crippen LogP contribution is 2.24. The average molecular weight is 477 g/mol. The van der Waals surface area contributed by atoms with E-state index in [1.807, 2.05) is 35.2 Å². The van der Waals surface area contributed by atoms with Crippen molar-refractivity contribution in [3.8, 4) is 17.0 Å². The second kappa shape index (κ2) is 9.93. The Labute approximate surface area is 203 Å². The van der Waals surface area contributed by atoms with Crippen LogP contribution in [0.5, 0.6) is 5.75 Å². The first-order valence-corrected chi connectivity index (χ1v) is 12.6. The molecule has 9 heteroatoms. The fourth-order valence-electron chi connectivity index (χ4n) is 4.81. The number of carbonyl (C=O) groups excluding carboxylic acids is 1. The Morgan fingerprint density at radius 2 is 1.94 bits per heavy atom. The summed E-state index contributed by atoms with van der Waals surface area (Å²) in [5.74, 6) is 0.788. The minimum atomic E-state index is -0.322. The van der Waals surface area contributed by atoms with Gasteiger partial charge in [-0.05, 0) is 62.4 Å². The van der Waals surface area contributed by atoms with Crippen LogP contribution in [0.1, 0.15) is 52.4 Å². The lowest BCUT2D eigenvalue weighted by atomic mass is 10.00. The molecule has 35 heavy (non-hydrogen) atoms. The van der Waals surface area contributed by atoms with Gasteiger partial charge in [0.25, 0.3) is 0 Å². The zero-order chi connectivity index (χ0) is 24.4. The van der Waals surface area contributed by atoms with Crippen LogP contribution in [0, 0.1) is 0 Å². The van der Waals surface area contributed by atoms with Crippen molar-refractivity contribution in [1.29, 1.82) is 0 Å². The molecule has 1 fully saturated rings. The van der Waals surface area contributed by atoms with Crippen molar-refractivity contribution >= 4 is 17.1 Å². The molecular weight excluding hydrogens is 444 g/mol. The Morgan fingerprint density at radius 3 is 2.71 bits per heavy atom. The summed E-state index contributed by atoms with van der Waals surface area (Å²) >= 11 is 0. The average Bonchev–Trinajstić information content (AvgIpc) is 3.46. The van der Waals surface area contributed by atoms with E-state index in [-0.39, 0.29) is 24.2 Å². The van der Waals surface area contributed by atoms with Gasteiger partial charge in [0.2, 0.25) is 5.91 Å². The zero-order valence-electron chi connectivity index (χ0n) is 20.4. The van der Waals surface area contributed by atoms with E-state index in [1.54, 1.807) is 16.9 Å². The maximum atomic E-state index is 13.0. The van der Waals surface area contributed by atoms with E-state index >= 15 is 0 Å². The molecule has 1 saturated heterocycles. The van der Waals surface area contributed by atoms with Gasteiger partial charge in [0.05, 0.1) is 12.3 Å². The van der Waals surface area contributed by atoms with Gasteiger partial charge in [-0.15, -0.1) is 5.10 Å². The van der Waals surface area contributed by atoms with Gasteiger partial charge in [-0.2, -0.15) is 5.10 Å². The number of hydrogen-bond donors (Lipinski definition) is 0. The fraction of sp³-hybridized carbons (Fsp3) is 0.462. The van der Waals surface area contributed by atoms with Gasteiger partial charge < -0.3 is 9.64 Å². The van der Waals surface area contributed by atoms with Gasteiger partial charge in [0, 0.05) is 30.5 Å². The summed E-state index contributed by atoms with van der Waals surface area (Å²) in [4.78, 5) is 27.9. The van der Waals surface area contributed by atoms with Crippen LogP contribution in [-0.2, 0) is 11.3 Å². The number of aromatic nitrogens is 5. The van der Waals surface area contributed by atoms with Crippen LogP contribution in [0.15, 0.2) is 47.5 Å². The highest BCUT2D eigenvalue weighted by molar-refractivity contribution is 5.78. The van der Waals surface area contributed by atoms with Crippen LogP contribution >= 0.6 is 0 Å². The van der Waals surface area contributed by atoms with E-state index in [1.165, 1.54) is 9.08 Å². The van der Waals surface area contributed by atoms with Gasteiger partial charge >= 0.3 is 5.69 Å². The highest BCUT2D eigenvalue weighted by atomic mass is 16.5. The van der Waals surface area contributed by atoms with Crippen molar-refractivity contribution in [2.24, 2.45) is 0 Å². The van der Waals surface area contributed by atoms with E-state index < -0.39 is 0 Å². The molecule has 1 aliphatic heterocycles. The first-order chi connectivity index (χ1) is 17.1. The molecule has 0 aliphatic carbocycles. The first-order valence-electron chi connectivity index (χ1n) is 12.6.